The van der Waals surface area contributed by atoms with Gasteiger partial charge < -0.3 is 5.32 Å². The summed E-state index contributed by atoms with van der Waals surface area (Å²) in [4.78, 5) is 0. The maximum atomic E-state index is 3.41. The van der Waals surface area contributed by atoms with Crippen molar-refractivity contribution < 1.29 is 0 Å². The van der Waals surface area contributed by atoms with Crippen LogP contribution in [-0.4, -0.2) is 13.6 Å². The third-order valence-corrected chi connectivity index (χ3v) is 3.78. The summed E-state index contributed by atoms with van der Waals surface area (Å²) in [7, 11) is 2.11. The summed E-state index contributed by atoms with van der Waals surface area (Å²) in [5.74, 6) is 0. The van der Waals surface area contributed by atoms with Crippen LogP contribution in [0.3, 0.4) is 0 Å². The molecule has 1 rings (SSSR count). The van der Waals surface area contributed by atoms with Crippen molar-refractivity contribution in [1.29, 1.82) is 0 Å². The van der Waals surface area contributed by atoms with Crippen LogP contribution in [0.5, 0.6) is 0 Å². The van der Waals surface area contributed by atoms with Crippen molar-refractivity contribution in [2.45, 2.75) is 64.7 Å². The third-order valence-electron chi connectivity index (χ3n) is 3.78. The van der Waals surface area contributed by atoms with Crippen LogP contribution in [0, 0.1) is 5.41 Å². The highest BCUT2D eigenvalue weighted by Crippen LogP contribution is 2.40. The molecule has 0 aromatic heterocycles. The lowest BCUT2D eigenvalue weighted by molar-refractivity contribution is 0.165. The van der Waals surface area contributed by atoms with Crippen LogP contribution in [0.2, 0.25) is 0 Å². The van der Waals surface area contributed by atoms with Crippen LogP contribution in [0.25, 0.3) is 0 Å². The van der Waals surface area contributed by atoms with Crippen molar-refractivity contribution in [2.75, 3.05) is 13.6 Å². The van der Waals surface area contributed by atoms with E-state index < -0.39 is 0 Å². The number of hydrogen-bond donors (Lipinski definition) is 1. The molecule has 1 saturated carbocycles. The summed E-state index contributed by atoms with van der Waals surface area (Å²) in [6.45, 7) is 3.54. The zero-order valence-corrected chi connectivity index (χ0v) is 10.1. The van der Waals surface area contributed by atoms with E-state index in [0.29, 0.717) is 5.41 Å². The van der Waals surface area contributed by atoms with Crippen molar-refractivity contribution in [3.63, 3.8) is 0 Å². The average Bonchev–Trinajstić information content (AvgIpc) is 2.20. The normalized spacial score (nSPS) is 21.0. The highest BCUT2D eigenvalue weighted by Gasteiger charge is 2.30. The molecule has 0 aromatic carbocycles. The molecule has 1 aliphatic carbocycles. The molecule has 1 N–H and O–H groups in total. The van der Waals surface area contributed by atoms with Gasteiger partial charge in [-0.1, -0.05) is 45.4 Å². The molecular formula is C13H27N. The highest BCUT2D eigenvalue weighted by atomic mass is 14.8. The van der Waals surface area contributed by atoms with Crippen LogP contribution in [0.4, 0.5) is 0 Å². The van der Waals surface area contributed by atoms with Gasteiger partial charge >= 0.3 is 0 Å². The van der Waals surface area contributed by atoms with Crippen LogP contribution in [0.1, 0.15) is 64.7 Å². The van der Waals surface area contributed by atoms with E-state index in [9.17, 15) is 0 Å². The summed E-state index contributed by atoms with van der Waals surface area (Å²) in [6, 6.07) is 0. The van der Waals surface area contributed by atoms with Gasteiger partial charge in [0.2, 0.25) is 0 Å². The predicted molar refractivity (Wildman–Crippen MR) is 63.6 cm³/mol. The number of nitrogens with one attached hydrogen (secondary N) is 1. The van der Waals surface area contributed by atoms with Crippen LogP contribution in [0.15, 0.2) is 0 Å². The van der Waals surface area contributed by atoms with E-state index in [0.717, 1.165) is 0 Å². The molecule has 0 saturated heterocycles. The Morgan fingerprint density at radius 1 is 1.07 bits per heavy atom. The molecule has 0 atom stereocenters. The zero-order valence-electron chi connectivity index (χ0n) is 10.1. The Labute approximate surface area is 89.7 Å². The van der Waals surface area contributed by atoms with Crippen molar-refractivity contribution in [3.8, 4) is 0 Å². The van der Waals surface area contributed by atoms with Crippen LogP contribution < -0.4 is 5.32 Å². The van der Waals surface area contributed by atoms with E-state index in [1.54, 1.807) is 0 Å². The van der Waals surface area contributed by atoms with Gasteiger partial charge in [0.25, 0.3) is 0 Å². The lowest BCUT2D eigenvalue weighted by atomic mass is 9.71. The number of hydrogen-bond acceptors (Lipinski definition) is 1. The van der Waals surface area contributed by atoms with Gasteiger partial charge in [0, 0.05) is 6.54 Å². The molecule has 0 aliphatic heterocycles. The van der Waals surface area contributed by atoms with Gasteiger partial charge in [-0.2, -0.15) is 0 Å². The summed E-state index contributed by atoms with van der Waals surface area (Å²) in [5, 5.41) is 3.41. The molecule has 0 aromatic rings. The van der Waals surface area contributed by atoms with Crippen LogP contribution in [-0.2, 0) is 0 Å². The molecule has 14 heavy (non-hydrogen) atoms. The Hall–Kier alpha value is -0.0400. The molecule has 1 aliphatic rings. The molecule has 0 spiro atoms. The molecule has 1 heteroatoms. The van der Waals surface area contributed by atoms with Gasteiger partial charge in [0.1, 0.15) is 0 Å². The number of rotatable bonds is 6. The number of unbranched alkanes of at least 4 members (excludes halogenated alkanes) is 2. The molecular weight excluding hydrogens is 170 g/mol. The second kappa shape index (κ2) is 6.44. The summed E-state index contributed by atoms with van der Waals surface area (Å²) < 4.78 is 0. The third kappa shape index (κ3) is 3.61. The molecule has 0 radical (unpaired) electrons. The molecule has 1 nitrogen and oxygen atoms in total. The first-order valence-electron chi connectivity index (χ1n) is 6.47. The highest BCUT2D eigenvalue weighted by molar-refractivity contribution is 4.84. The van der Waals surface area contributed by atoms with Crippen molar-refractivity contribution in [1.82, 2.24) is 5.32 Å². The largest absolute Gasteiger partial charge is 0.319 e. The van der Waals surface area contributed by atoms with E-state index in [1.807, 2.05) is 0 Å². The lowest BCUT2D eigenvalue weighted by Crippen LogP contribution is -2.34. The minimum absolute atomic E-state index is 0.669. The smallest absolute Gasteiger partial charge is 0.000480 e. The molecule has 84 valence electrons. The van der Waals surface area contributed by atoms with Crippen LogP contribution >= 0.6 is 0 Å². The molecule has 0 unspecified atom stereocenters. The monoisotopic (exact) mass is 197 g/mol. The first kappa shape index (κ1) is 12.0. The fourth-order valence-electron chi connectivity index (χ4n) is 2.94. The molecule has 0 heterocycles. The van der Waals surface area contributed by atoms with E-state index >= 15 is 0 Å². The predicted octanol–water partition coefficient (Wildman–Crippen LogP) is 3.74. The first-order valence-corrected chi connectivity index (χ1v) is 6.47. The Kier molecular flexibility index (Phi) is 5.54. The Morgan fingerprint density at radius 3 is 2.36 bits per heavy atom. The van der Waals surface area contributed by atoms with E-state index in [-0.39, 0.29) is 0 Å². The van der Waals surface area contributed by atoms with Gasteiger partial charge in [0.05, 0.1) is 0 Å². The summed E-state index contributed by atoms with van der Waals surface area (Å²) in [6.07, 6.45) is 13.0. The molecule has 0 amide bonds. The van der Waals surface area contributed by atoms with Gasteiger partial charge in [-0.05, 0) is 31.7 Å². The maximum absolute atomic E-state index is 3.41. The van der Waals surface area contributed by atoms with Crippen molar-refractivity contribution in [3.05, 3.63) is 0 Å². The van der Waals surface area contributed by atoms with E-state index in [1.165, 1.54) is 64.3 Å². The second-order valence-corrected chi connectivity index (χ2v) is 5.05. The quantitative estimate of drug-likeness (QED) is 0.640. The first-order chi connectivity index (χ1) is 6.83. The van der Waals surface area contributed by atoms with E-state index in [2.05, 4.69) is 19.3 Å². The van der Waals surface area contributed by atoms with E-state index in [4.69, 9.17) is 0 Å². The molecule has 0 bridgehead atoms. The fraction of sp³-hybridized carbons (Fsp3) is 1.00. The SMILES string of the molecule is CCCCCC1(CNC)CCCCC1. The van der Waals surface area contributed by atoms with Gasteiger partial charge in [0.15, 0.2) is 0 Å². The summed E-state index contributed by atoms with van der Waals surface area (Å²) in [5.41, 5.74) is 0.669. The minimum atomic E-state index is 0.669. The van der Waals surface area contributed by atoms with Crippen molar-refractivity contribution in [2.24, 2.45) is 5.41 Å². The Morgan fingerprint density at radius 2 is 1.79 bits per heavy atom. The lowest BCUT2D eigenvalue weighted by Gasteiger charge is -2.37. The Bertz CT molecular complexity index is 131. The zero-order chi connectivity index (χ0) is 10.3. The maximum Gasteiger partial charge on any atom is 0.000480 e. The van der Waals surface area contributed by atoms with Gasteiger partial charge in [-0.15, -0.1) is 0 Å². The molecule has 1 fully saturated rings. The standard InChI is InChI=1S/C13H27N/c1-3-4-6-9-13(12-14-2)10-7-5-8-11-13/h14H,3-12H2,1-2H3. The Balaban J connectivity index is 2.34. The minimum Gasteiger partial charge on any atom is -0.319 e. The topological polar surface area (TPSA) is 12.0 Å². The summed E-state index contributed by atoms with van der Waals surface area (Å²) >= 11 is 0. The van der Waals surface area contributed by atoms with Crippen molar-refractivity contribution >= 4 is 0 Å². The second-order valence-electron chi connectivity index (χ2n) is 5.05. The van der Waals surface area contributed by atoms with Gasteiger partial charge in [-0.25, -0.2) is 0 Å². The average molecular weight is 197 g/mol. The van der Waals surface area contributed by atoms with Gasteiger partial charge in [-0.3, -0.25) is 0 Å². The fourth-order valence-corrected chi connectivity index (χ4v) is 2.94.